The largest absolute Gasteiger partial charge is 0.495 e. The van der Waals surface area contributed by atoms with Crippen molar-refractivity contribution < 1.29 is 27.9 Å². The third-order valence-corrected chi connectivity index (χ3v) is 7.59. The van der Waals surface area contributed by atoms with Gasteiger partial charge in [0.25, 0.3) is 15.9 Å². The van der Waals surface area contributed by atoms with Crippen molar-refractivity contribution in [1.82, 2.24) is 14.9 Å². The van der Waals surface area contributed by atoms with E-state index in [0.29, 0.717) is 10.9 Å². The first-order valence-corrected chi connectivity index (χ1v) is 13.0. The van der Waals surface area contributed by atoms with E-state index in [4.69, 9.17) is 4.74 Å². The van der Waals surface area contributed by atoms with E-state index in [-0.39, 0.29) is 46.7 Å². The number of hydrogen-bond donors (Lipinski definition) is 2. The first kappa shape index (κ1) is 25.0. The van der Waals surface area contributed by atoms with Gasteiger partial charge in [0.2, 0.25) is 0 Å². The van der Waals surface area contributed by atoms with Crippen LogP contribution in [0.25, 0.3) is 10.9 Å². The number of rotatable bonds is 7. The number of nitrogens with zero attached hydrogens (tertiary/aromatic N) is 4. The molecule has 0 atom stereocenters. The lowest BCUT2D eigenvalue weighted by Gasteiger charge is -2.43. The fourth-order valence-corrected chi connectivity index (χ4v) is 5.56. The molecule has 5 rings (SSSR count). The van der Waals surface area contributed by atoms with Gasteiger partial charge in [-0.2, -0.15) is 0 Å². The SMILES string of the molecule is COc1cc(C(=O)N2CC(N(C(=O)O)c3ccccn3)C2)ccc1NS(=O)(=O)c1cccc2cccnc12. The van der Waals surface area contributed by atoms with Crippen molar-refractivity contribution in [3.8, 4) is 5.75 Å². The van der Waals surface area contributed by atoms with Crippen LogP contribution in [0.5, 0.6) is 5.75 Å². The number of benzene rings is 2. The quantitative estimate of drug-likeness (QED) is 0.368. The Bertz CT molecular complexity index is 1620. The van der Waals surface area contributed by atoms with E-state index >= 15 is 0 Å². The highest BCUT2D eigenvalue weighted by atomic mass is 32.2. The summed E-state index contributed by atoms with van der Waals surface area (Å²) in [5.41, 5.74) is 0.766. The Balaban J connectivity index is 1.33. The average Bonchev–Trinajstić information content (AvgIpc) is 2.90. The van der Waals surface area contributed by atoms with Gasteiger partial charge < -0.3 is 14.7 Å². The number of nitrogens with one attached hydrogen (secondary N) is 1. The number of pyridine rings is 2. The van der Waals surface area contributed by atoms with Gasteiger partial charge in [0, 0.05) is 36.4 Å². The van der Waals surface area contributed by atoms with Crippen molar-refractivity contribution in [3.05, 3.63) is 84.7 Å². The number of carbonyl (C=O) groups excluding carboxylic acids is 1. The average molecular weight is 534 g/mol. The van der Waals surface area contributed by atoms with E-state index < -0.39 is 22.2 Å². The maximum Gasteiger partial charge on any atom is 0.413 e. The lowest BCUT2D eigenvalue weighted by molar-refractivity contribution is 0.0595. The van der Waals surface area contributed by atoms with Crippen LogP contribution < -0.4 is 14.4 Å². The van der Waals surface area contributed by atoms with Gasteiger partial charge in [-0.25, -0.2) is 18.2 Å². The van der Waals surface area contributed by atoms with Crippen LogP contribution in [0.3, 0.4) is 0 Å². The molecule has 0 saturated carbocycles. The second-order valence-electron chi connectivity index (χ2n) is 8.56. The van der Waals surface area contributed by atoms with Gasteiger partial charge in [-0.3, -0.25) is 19.4 Å². The summed E-state index contributed by atoms with van der Waals surface area (Å²) in [4.78, 5) is 35.8. The Kier molecular flexibility index (Phi) is 6.55. The number of aromatic nitrogens is 2. The molecule has 2 aromatic carbocycles. The molecule has 0 aliphatic carbocycles. The first-order valence-electron chi connectivity index (χ1n) is 11.6. The van der Waals surface area contributed by atoms with Gasteiger partial charge in [0.15, 0.2) is 0 Å². The minimum absolute atomic E-state index is 0.0142. The number of likely N-dealkylation sites (tertiary alicyclic amines) is 1. The lowest BCUT2D eigenvalue weighted by Crippen LogP contribution is -2.62. The van der Waals surface area contributed by atoms with Crippen LogP contribution in [0.1, 0.15) is 10.4 Å². The third kappa shape index (κ3) is 4.68. The number of fused-ring (bicyclic) bond motifs is 1. The Labute approximate surface area is 218 Å². The molecule has 2 N–H and O–H groups in total. The molecule has 1 aliphatic rings. The number of amides is 2. The monoisotopic (exact) mass is 533 g/mol. The van der Waals surface area contributed by atoms with Crippen LogP contribution in [0.4, 0.5) is 16.3 Å². The summed E-state index contributed by atoms with van der Waals surface area (Å²) >= 11 is 0. The van der Waals surface area contributed by atoms with Crippen LogP contribution >= 0.6 is 0 Å². The highest BCUT2D eigenvalue weighted by molar-refractivity contribution is 7.93. The number of sulfonamides is 1. The smallest absolute Gasteiger partial charge is 0.413 e. The summed E-state index contributed by atoms with van der Waals surface area (Å²) < 4.78 is 34.3. The molecular formula is C26H23N5O6S. The predicted molar refractivity (Wildman–Crippen MR) is 140 cm³/mol. The van der Waals surface area contributed by atoms with E-state index in [1.54, 1.807) is 42.5 Å². The fraction of sp³-hybridized carbons (Fsp3) is 0.154. The number of methoxy groups -OCH3 is 1. The van der Waals surface area contributed by atoms with Gasteiger partial charge >= 0.3 is 6.09 Å². The van der Waals surface area contributed by atoms with E-state index in [9.17, 15) is 23.1 Å². The minimum atomic E-state index is -4.02. The maximum atomic E-state index is 13.2. The van der Waals surface area contributed by atoms with Crippen LogP contribution in [-0.2, 0) is 10.0 Å². The van der Waals surface area contributed by atoms with E-state index in [1.807, 2.05) is 0 Å². The molecule has 0 radical (unpaired) electrons. The van der Waals surface area contributed by atoms with Crippen molar-refractivity contribution in [3.63, 3.8) is 0 Å². The zero-order valence-corrected chi connectivity index (χ0v) is 21.0. The van der Waals surface area contributed by atoms with Crippen LogP contribution in [0.2, 0.25) is 0 Å². The molecule has 3 heterocycles. The Morgan fingerprint density at radius 2 is 1.79 bits per heavy atom. The van der Waals surface area contributed by atoms with Crippen molar-refractivity contribution >= 4 is 44.4 Å². The summed E-state index contributed by atoms with van der Waals surface area (Å²) in [5.74, 6) is 0.112. The van der Waals surface area contributed by atoms with Gasteiger partial charge in [-0.1, -0.05) is 24.3 Å². The van der Waals surface area contributed by atoms with E-state index in [1.165, 1.54) is 48.7 Å². The molecule has 12 heteroatoms. The normalized spacial score (nSPS) is 13.6. The number of carbonyl (C=O) groups is 2. The summed E-state index contributed by atoms with van der Waals surface area (Å²) in [6, 6.07) is 17.3. The van der Waals surface area contributed by atoms with Crippen LogP contribution in [-0.4, -0.2) is 66.6 Å². The zero-order valence-electron chi connectivity index (χ0n) is 20.2. The maximum absolute atomic E-state index is 13.2. The standard InChI is InChI=1S/C26H23N5O6S/c1-37-21-14-18(25(32)30-15-19(16-30)31(26(33)34)23-9-2-3-12-27-23)10-11-20(21)29-38(35,36)22-8-4-6-17-7-5-13-28-24(17)22/h2-14,19,29H,15-16H2,1H3,(H,33,34). The molecule has 194 valence electrons. The van der Waals surface area contributed by atoms with Crippen molar-refractivity contribution in [2.75, 3.05) is 29.8 Å². The predicted octanol–water partition coefficient (Wildman–Crippen LogP) is 3.45. The molecular weight excluding hydrogens is 510 g/mol. The van der Waals surface area contributed by atoms with Crippen LogP contribution in [0.15, 0.2) is 84.0 Å². The topological polar surface area (TPSA) is 142 Å². The number of para-hydroxylation sites is 1. The number of carboxylic acid groups (broad SMARTS) is 1. The first-order chi connectivity index (χ1) is 18.3. The van der Waals surface area contributed by atoms with Crippen molar-refractivity contribution in [2.24, 2.45) is 0 Å². The van der Waals surface area contributed by atoms with Gasteiger partial charge in [-0.05, 0) is 42.5 Å². The highest BCUT2D eigenvalue weighted by Crippen LogP contribution is 2.31. The molecule has 11 nitrogen and oxygen atoms in total. The lowest BCUT2D eigenvalue weighted by atomic mass is 10.0. The molecule has 1 saturated heterocycles. The van der Waals surface area contributed by atoms with Gasteiger partial charge in [0.1, 0.15) is 16.5 Å². The van der Waals surface area contributed by atoms with Crippen molar-refractivity contribution in [2.45, 2.75) is 10.9 Å². The molecule has 1 fully saturated rings. The van der Waals surface area contributed by atoms with Crippen molar-refractivity contribution in [1.29, 1.82) is 0 Å². The Morgan fingerprint density at radius 3 is 2.50 bits per heavy atom. The summed E-state index contributed by atoms with van der Waals surface area (Å²) in [6.07, 6.45) is 1.88. The molecule has 1 aliphatic heterocycles. The number of anilines is 2. The molecule has 2 amide bonds. The molecule has 4 aromatic rings. The summed E-state index contributed by atoms with van der Waals surface area (Å²) in [6.45, 7) is 0.374. The molecule has 2 aromatic heterocycles. The van der Waals surface area contributed by atoms with Gasteiger partial charge in [0.05, 0.1) is 24.4 Å². The second-order valence-corrected chi connectivity index (χ2v) is 10.2. The minimum Gasteiger partial charge on any atom is -0.495 e. The van der Waals surface area contributed by atoms with E-state index in [2.05, 4.69) is 14.7 Å². The van der Waals surface area contributed by atoms with Gasteiger partial charge in [-0.15, -0.1) is 0 Å². The fourth-order valence-electron chi connectivity index (χ4n) is 4.31. The number of hydrogen-bond acceptors (Lipinski definition) is 7. The summed E-state index contributed by atoms with van der Waals surface area (Å²) in [5, 5.41) is 10.3. The Morgan fingerprint density at radius 1 is 1.03 bits per heavy atom. The molecule has 0 spiro atoms. The molecule has 0 unspecified atom stereocenters. The number of ether oxygens (including phenoxy) is 1. The van der Waals surface area contributed by atoms with E-state index in [0.717, 1.165) is 4.90 Å². The third-order valence-electron chi connectivity index (χ3n) is 6.19. The second kappa shape index (κ2) is 9.98. The van der Waals surface area contributed by atoms with Crippen LogP contribution in [0, 0.1) is 0 Å². The highest BCUT2D eigenvalue weighted by Gasteiger charge is 2.39. The molecule has 38 heavy (non-hydrogen) atoms. The Hall–Kier alpha value is -4.71. The molecule has 0 bridgehead atoms. The summed E-state index contributed by atoms with van der Waals surface area (Å²) in [7, 11) is -2.65. The zero-order chi connectivity index (χ0) is 26.9.